The lowest BCUT2D eigenvalue weighted by Gasteiger charge is -2.38. The molecule has 0 spiro atoms. The van der Waals surface area contributed by atoms with Crippen molar-refractivity contribution in [3.05, 3.63) is 23.9 Å². The van der Waals surface area contributed by atoms with Gasteiger partial charge in [0.25, 0.3) is 0 Å². The molecule has 1 aromatic rings. The van der Waals surface area contributed by atoms with Crippen LogP contribution in [0.5, 0.6) is 0 Å². The molecule has 1 fully saturated rings. The molecule has 1 saturated heterocycles. The number of Topliss-reactive ketones (excluding diaryl/α,β-unsaturated/α-hetero) is 1. The van der Waals surface area contributed by atoms with E-state index in [-0.39, 0.29) is 5.78 Å². The molecular formula is C14H20N2O. The molecule has 0 amide bonds. The second-order valence-corrected chi connectivity index (χ2v) is 5.58. The molecule has 0 aromatic carbocycles. The van der Waals surface area contributed by atoms with Crippen molar-refractivity contribution in [3.8, 4) is 0 Å². The number of carbonyl (C=O) groups is 1. The zero-order chi connectivity index (χ0) is 12.5. The van der Waals surface area contributed by atoms with E-state index in [4.69, 9.17) is 0 Å². The number of anilines is 1. The number of pyridine rings is 1. The van der Waals surface area contributed by atoms with Crippen LogP contribution in [0.15, 0.2) is 18.3 Å². The van der Waals surface area contributed by atoms with Crippen LogP contribution < -0.4 is 4.90 Å². The number of piperidine rings is 1. The molecule has 0 atom stereocenters. The van der Waals surface area contributed by atoms with Crippen molar-refractivity contribution < 1.29 is 4.79 Å². The summed E-state index contributed by atoms with van der Waals surface area (Å²) in [5.74, 6) is 0.952. The van der Waals surface area contributed by atoms with Gasteiger partial charge in [0.05, 0.1) is 5.56 Å². The van der Waals surface area contributed by atoms with Gasteiger partial charge in [0.1, 0.15) is 5.82 Å². The second kappa shape index (κ2) is 4.47. The third kappa shape index (κ3) is 2.65. The second-order valence-electron chi connectivity index (χ2n) is 5.58. The minimum absolute atomic E-state index is 0.0953. The largest absolute Gasteiger partial charge is 0.356 e. The molecule has 0 aliphatic carbocycles. The van der Waals surface area contributed by atoms with E-state index in [1.165, 1.54) is 0 Å². The van der Waals surface area contributed by atoms with Gasteiger partial charge in [-0.05, 0) is 37.3 Å². The van der Waals surface area contributed by atoms with E-state index < -0.39 is 0 Å². The maximum atomic E-state index is 11.6. The Morgan fingerprint density at radius 3 is 2.59 bits per heavy atom. The van der Waals surface area contributed by atoms with Gasteiger partial charge in [-0.2, -0.15) is 0 Å². The van der Waals surface area contributed by atoms with E-state index >= 15 is 0 Å². The molecule has 0 unspecified atom stereocenters. The van der Waals surface area contributed by atoms with E-state index in [9.17, 15) is 4.79 Å². The first kappa shape index (κ1) is 12.1. The Labute approximate surface area is 103 Å². The molecule has 2 heterocycles. The molecule has 0 bridgehead atoms. The number of hydrogen-bond donors (Lipinski definition) is 0. The summed E-state index contributed by atoms with van der Waals surface area (Å²) in [5, 5.41) is 0. The standard InChI is InChI=1S/C14H20N2O/c1-11(17)12-5-4-8-15-13(12)16-9-6-14(2,3)7-10-16/h4-5,8H,6-7,9-10H2,1-3H3. The van der Waals surface area contributed by atoms with Gasteiger partial charge in [-0.1, -0.05) is 13.8 Å². The summed E-state index contributed by atoms with van der Waals surface area (Å²) >= 11 is 0. The van der Waals surface area contributed by atoms with Crippen molar-refractivity contribution >= 4 is 11.6 Å². The zero-order valence-corrected chi connectivity index (χ0v) is 10.9. The van der Waals surface area contributed by atoms with Gasteiger partial charge in [-0.15, -0.1) is 0 Å². The Morgan fingerprint density at radius 2 is 2.00 bits per heavy atom. The summed E-state index contributed by atoms with van der Waals surface area (Å²) in [6.45, 7) is 8.19. The van der Waals surface area contributed by atoms with Crippen molar-refractivity contribution in [2.75, 3.05) is 18.0 Å². The fourth-order valence-corrected chi connectivity index (χ4v) is 2.25. The number of nitrogens with zero attached hydrogens (tertiary/aromatic N) is 2. The van der Waals surface area contributed by atoms with E-state index in [0.29, 0.717) is 5.41 Å². The lowest BCUT2D eigenvalue weighted by atomic mass is 9.82. The lowest BCUT2D eigenvalue weighted by molar-refractivity contribution is 0.101. The normalized spacial score (nSPS) is 19.1. The van der Waals surface area contributed by atoms with Crippen LogP contribution in [0.2, 0.25) is 0 Å². The van der Waals surface area contributed by atoms with Gasteiger partial charge >= 0.3 is 0 Å². The highest BCUT2D eigenvalue weighted by atomic mass is 16.1. The number of hydrogen-bond acceptors (Lipinski definition) is 3. The van der Waals surface area contributed by atoms with Crippen LogP contribution in [-0.4, -0.2) is 23.9 Å². The van der Waals surface area contributed by atoms with Crippen molar-refractivity contribution in [1.82, 2.24) is 4.98 Å². The summed E-state index contributed by atoms with van der Waals surface area (Å²) in [6, 6.07) is 3.69. The summed E-state index contributed by atoms with van der Waals surface area (Å²) in [6.07, 6.45) is 4.07. The molecule has 3 heteroatoms. The van der Waals surface area contributed by atoms with E-state index in [1.807, 2.05) is 12.1 Å². The minimum Gasteiger partial charge on any atom is -0.356 e. The van der Waals surface area contributed by atoms with E-state index in [2.05, 4.69) is 23.7 Å². The maximum Gasteiger partial charge on any atom is 0.163 e. The van der Waals surface area contributed by atoms with Gasteiger partial charge in [-0.3, -0.25) is 4.79 Å². The fourth-order valence-electron chi connectivity index (χ4n) is 2.25. The molecule has 1 aromatic heterocycles. The van der Waals surface area contributed by atoms with Crippen molar-refractivity contribution in [2.24, 2.45) is 5.41 Å². The zero-order valence-electron chi connectivity index (χ0n) is 10.9. The van der Waals surface area contributed by atoms with Gasteiger partial charge < -0.3 is 4.90 Å². The highest BCUT2D eigenvalue weighted by Crippen LogP contribution is 2.32. The van der Waals surface area contributed by atoms with Crippen LogP contribution in [0.3, 0.4) is 0 Å². The highest BCUT2D eigenvalue weighted by Gasteiger charge is 2.27. The van der Waals surface area contributed by atoms with Gasteiger partial charge in [0.2, 0.25) is 0 Å². The quantitative estimate of drug-likeness (QED) is 0.735. The molecule has 0 radical (unpaired) electrons. The summed E-state index contributed by atoms with van der Waals surface area (Å²) in [5.41, 5.74) is 1.16. The lowest BCUT2D eigenvalue weighted by Crippen LogP contribution is -2.38. The molecule has 1 aliphatic heterocycles. The average Bonchev–Trinajstić information content (AvgIpc) is 2.29. The number of aromatic nitrogens is 1. The summed E-state index contributed by atoms with van der Waals surface area (Å²) in [4.78, 5) is 18.2. The van der Waals surface area contributed by atoms with Crippen LogP contribution in [0.1, 0.15) is 44.0 Å². The Morgan fingerprint density at radius 1 is 1.35 bits per heavy atom. The topological polar surface area (TPSA) is 33.2 Å². The molecule has 17 heavy (non-hydrogen) atoms. The molecular weight excluding hydrogens is 212 g/mol. The predicted molar refractivity (Wildman–Crippen MR) is 69.5 cm³/mol. The molecule has 92 valence electrons. The monoisotopic (exact) mass is 232 g/mol. The average molecular weight is 232 g/mol. The van der Waals surface area contributed by atoms with E-state index in [0.717, 1.165) is 37.3 Å². The molecule has 2 rings (SSSR count). The molecule has 0 saturated carbocycles. The van der Waals surface area contributed by atoms with E-state index in [1.54, 1.807) is 13.1 Å². The first-order chi connectivity index (χ1) is 7.99. The van der Waals surface area contributed by atoms with Crippen molar-refractivity contribution in [2.45, 2.75) is 33.6 Å². The number of rotatable bonds is 2. The predicted octanol–water partition coefficient (Wildman–Crippen LogP) is 2.91. The summed E-state index contributed by atoms with van der Waals surface area (Å²) < 4.78 is 0. The van der Waals surface area contributed by atoms with Crippen LogP contribution >= 0.6 is 0 Å². The molecule has 3 nitrogen and oxygen atoms in total. The molecule has 1 aliphatic rings. The first-order valence-corrected chi connectivity index (χ1v) is 6.20. The Balaban J connectivity index is 2.21. The van der Waals surface area contributed by atoms with Gasteiger partial charge in [-0.25, -0.2) is 4.98 Å². The molecule has 0 N–H and O–H groups in total. The third-order valence-electron chi connectivity index (χ3n) is 3.58. The summed E-state index contributed by atoms with van der Waals surface area (Å²) in [7, 11) is 0. The van der Waals surface area contributed by atoms with Gasteiger partial charge in [0, 0.05) is 19.3 Å². The van der Waals surface area contributed by atoms with Crippen LogP contribution in [-0.2, 0) is 0 Å². The fraction of sp³-hybridized carbons (Fsp3) is 0.571. The van der Waals surface area contributed by atoms with Crippen molar-refractivity contribution in [1.29, 1.82) is 0 Å². The van der Waals surface area contributed by atoms with Gasteiger partial charge in [0.15, 0.2) is 5.78 Å². The van der Waals surface area contributed by atoms with Crippen LogP contribution in [0.4, 0.5) is 5.82 Å². The third-order valence-corrected chi connectivity index (χ3v) is 3.58. The highest BCUT2D eigenvalue weighted by molar-refractivity contribution is 5.98. The first-order valence-electron chi connectivity index (χ1n) is 6.20. The van der Waals surface area contributed by atoms with Crippen LogP contribution in [0.25, 0.3) is 0 Å². The van der Waals surface area contributed by atoms with Crippen molar-refractivity contribution in [3.63, 3.8) is 0 Å². The number of carbonyl (C=O) groups excluding carboxylic acids is 1. The maximum absolute atomic E-state index is 11.6. The Kier molecular flexibility index (Phi) is 3.18. The smallest absolute Gasteiger partial charge is 0.163 e. The Hall–Kier alpha value is -1.38. The minimum atomic E-state index is 0.0953. The SMILES string of the molecule is CC(=O)c1cccnc1N1CCC(C)(C)CC1. The number of ketones is 1. The van der Waals surface area contributed by atoms with Crippen LogP contribution in [0, 0.1) is 5.41 Å². The Bertz CT molecular complexity index is 416.